The zero-order valence-electron chi connectivity index (χ0n) is 23.9. The third-order valence-corrected chi connectivity index (χ3v) is 9.68. The number of nitrogens with zero attached hydrogens (tertiary/aromatic N) is 6. The van der Waals surface area contributed by atoms with E-state index < -0.39 is 10.0 Å². The molecule has 10 heteroatoms. The van der Waals surface area contributed by atoms with Crippen LogP contribution in [0.1, 0.15) is 47.1 Å². The minimum absolute atomic E-state index is 0.0599. The van der Waals surface area contributed by atoms with Crippen molar-refractivity contribution in [3.05, 3.63) is 95.1 Å². The number of aromatic nitrogens is 3. The lowest BCUT2D eigenvalue weighted by atomic mass is 9.91. The van der Waals surface area contributed by atoms with Crippen molar-refractivity contribution in [1.82, 2.24) is 28.9 Å². The summed E-state index contributed by atoms with van der Waals surface area (Å²) in [5.41, 5.74) is 5.84. The number of pyridine rings is 2. The van der Waals surface area contributed by atoms with E-state index in [1.807, 2.05) is 54.7 Å². The van der Waals surface area contributed by atoms with Gasteiger partial charge in [0, 0.05) is 38.9 Å². The second kappa shape index (κ2) is 11.9. The van der Waals surface area contributed by atoms with Gasteiger partial charge in [-0.1, -0.05) is 42.5 Å². The molecule has 9 nitrogen and oxygen atoms in total. The maximum atomic E-state index is 13.2. The van der Waals surface area contributed by atoms with Crippen molar-refractivity contribution in [3.8, 4) is 0 Å². The molecule has 1 N–H and O–H groups in total. The van der Waals surface area contributed by atoms with Crippen LogP contribution in [0, 0.1) is 0 Å². The first-order valence-electron chi connectivity index (χ1n) is 14.5. The van der Waals surface area contributed by atoms with Gasteiger partial charge >= 0.3 is 0 Å². The van der Waals surface area contributed by atoms with E-state index in [9.17, 15) is 8.42 Å². The summed E-state index contributed by atoms with van der Waals surface area (Å²) >= 11 is 0. The molecule has 4 aromatic rings. The molecule has 6 rings (SSSR count). The van der Waals surface area contributed by atoms with Gasteiger partial charge < -0.3 is 9.80 Å². The van der Waals surface area contributed by atoms with Crippen molar-refractivity contribution < 1.29 is 8.42 Å². The van der Waals surface area contributed by atoms with Crippen LogP contribution in [-0.4, -0.2) is 72.9 Å². The van der Waals surface area contributed by atoms with E-state index in [0.717, 1.165) is 79.6 Å². The molecule has 0 amide bonds. The number of hydrogen-bond acceptors (Lipinski definition) is 7. The van der Waals surface area contributed by atoms with Gasteiger partial charge in [-0.25, -0.2) is 18.1 Å². The Morgan fingerprint density at radius 3 is 2.61 bits per heavy atom. The normalized spacial score (nSPS) is 18.2. The fourth-order valence-electron chi connectivity index (χ4n) is 6.16. The highest BCUT2D eigenvalue weighted by Gasteiger charge is 2.28. The van der Waals surface area contributed by atoms with Crippen molar-refractivity contribution >= 4 is 21.5 Å². The predicted octanol–water partition coefficient (Wildman–Crippen LogP) is 3.61. The van der Waals surface area contributed by atoms with Crippen LogP contribution >= 0.6 is 0 Å². The summed E-state index contributed by atoms with van der Waals surface area (Å²) in [5, 5.41) is 0. The summed E-state index contributed by atoms with van der Waals surface area (Å²) in [4.78, 5) is 16.9. The first kappa shape index (κ1) is 27.8. The van der Waals surface area contributed by atoms with E-state index in [4.69, 9.17) is 9.97 Å². The molecule has 1 saturated heterocycles. The summed E-state index contributed by atoms with van der Waals surface area (Å²) in [6.07, 6.45) is 5.11. The topological polar surface area (TPSA) is 86.1 Å². The molecule has 1 aliphatic carbocycles. The van der Waals surface area contributed by atoms with E-state index in [-0.39, 0.29) is 18.3 Å². The molecule has 1 fully saturated rings. The summed E-state index contributed by atoms with van der Waals surface area (Å²) in [6.45, 7) is 4.55. The molecule has 1 aromatic carbocycles. The Morgan fingerprint density at radius 2 is 1.80 bits per heavy atom. The van der Waals surface area contributed by atoms with Crippen LogP contribution < -0.4 is 9.62 Å². The third kappa shape index (κ3) is 6.16. The van der Waals surface area contributed by atoms with Crippen molar-refractivity contribution in [2.75, 3.05) is 45.2 Å². The molecule has 216 valence electrons. The smallest absolute Gasteiger partial charge is 0.216 e. The Morgan fingerprint density at radius 1 is 1.00 bits per heavy atom. The fourth-order valence-corrected chi connectivity index (χ4v) is 7.25. The minimum Gasteiger partial charge on any atom is -0.355 e. The number of likely N-dealkylation sites (N-methyl/N-ethyl adjacent to an activating group) is 1. The van der Waals surface area contributed by atoms with Crippen molar-refractivity contribution in [1.29, 1.82) is 0 Å². The number of piperazine rings is 1. The second-order valence-electron chi connectivity index (χ2n) is 11.3. The van der Waals surface area contributed by atoms with Crippen molar-refractivity contribution in [3.63, 3.8) is 0 Å². The Hall–Kier alpha value is -3.31. The Bertz CT molecular complexity index is 1600. The van der Waals surface area contributed by atoms with Gasteiger partial charge in [-0.2, -0.15) is 0 Å². The highest BCUT2D eigenvalue weighted by Crippen LogP contribution is 2.33. The lowest BCUT2D eigenvalue weighted by Crippen LogP contribution is -2.45. The van der Waals surface area contributed by atoms with Crippen molar-refractivity contribution in [2.24, 2.45) is 0 Å². The largest absolute Gasteiger partial charge is 0.355 e. The zero-order chi connectivity index (χ0) is 28.4. The Labute approximate surface area is 242 Å². The van der Waals surface area contributed by atoms with Crippen LogP contribution in [0.4, 0.5) is 5.82 Å². The molecule has 0 radical (unpaired) electrons. The van der Waals surface area contributed by atoms with E-state index in [1.165, 1.54) is 5.56 Å². The van der Waals surface area contributed by atoms with Crippen LogP contribution in [0.3, 0.4) is 0 Å². The molecule has 4 heterocycles. The molecule has 2 aliphatic rings. The van der Waals surface area contributed by atoms with Crippen LogP contribution in [0.15, 0.2) is 66.9 Å². The van der Waals surface area contributed by atoms with Gasteiger partial charge in [-0.05, 0) is 62.7 Å². The minimum atomic E-state index is -3.57. The molecule has 1 aliphatic heterocycles. The molecule has 0 unspecified atom stereocenters. The average molecular weight is 574 g/mol. The number of benzene rings is 1. The zero-order valence-corrected chi connectivity index (χ0v) is 24.7. The van der Waals surface area contributed by atoms with E-state index in [2.05, 4.69) is 50.1 Å². The van der Waals surface area contributed by atoms with Gasteiger partial charge in [0.2, 0.25) is 10.0 Å². The molecular formula is C31H39N7O2S. The van der Waals surface area contributed by atoms with Crippen LogP contribution in [-0.2, 0) is 35.3 Å². The molecule has 0 saturated carbocycles. The number of imidazole rings is 1. The molecule has 0 spiro atoms. The number of anilines is 1. The third-order valence-electron chi connectivity index (χ3n) is 8.38. The maximum absolute atomic E-state index is 13.2. The standard InChI is InChI=1S/C31H39N7O2S/c1-35-17-19-37(20-18-35)30-15-7-14-29-34-26(22-36(2)27-13-6-11-25-12-8-16-32-31(25)27)28(38(29)30)21-33-41(39,40)23-24-9-4-3-5-10-24/h3-5,7-10,12,14-16,27,33H,6,11,13,17-23H2,1-2H3/t27-/m0/s1. The SMILES string of the molecule is CN1CCN(c2cccc3nc(CN(C)[C@H]4CCCc5cccnc54)c(CNS(=O)(=O)Cc4ccccc4)n23)CC1. The van der Waals surface area contributed by atoms with Crippen LogP contribution in [0.25, 0.3) is 5.65 Å². The monoisotopic (exact) mass is 573 g/mol. The van der Waals surface area contributed by atoms with Gasteiger partial charge in [0.15, 0.2) is 0 Å². The summed E-state index contributed by atoms with van der Waals surface area (Å²) < 4.78 is 31.5. The van der Waals surface area contributed by atoms with Crippen molar-refractivity contribution in [2.45, 2.75) is 44.1 Å². The quantitative estimate of drug-likeness (QED) is 0.327. The molecule has 1 atom stereocenters. The molecular weight excluding hydrogens is 534 g/mol. The van der Waals surface area contributed by atoms with E-state index in [1.54, 1.807) is 0 Å². The second-order valence-corrected chi connectivity index (χ2v) is 13.1. The molecule has 3 aromatic heterocycles. The fraction of sp³-hybridized carbons (Fsp3) is 0.419. The summed E-state index contributed by atoms with van der Waals surface area (Å²) in [7, 11) is 0.710. The Balaban J connectivity index is 1.34. The summed E-state index contributed by atoms with van der Waals surface area (Å²) in [5.74, 6) is 0.995. The highest BCUT2D eigenvalue weighted by molar-refractivity contribution is 7.88. The van der Waals surface area contributed by atoms with Gasteiger partial charge in [0.25, 0.3) is 0 Å². The number of hydrogen-bond donors (Lipinski definition) is 1. The lowest BCUT2D eigenvalue weighted by molar-refractivity contribution is 0.206. The van der Waals surface area contributed by atoms with Gasteiger partial charge in [0.1, 0.15) is 11.5 Å². The number of aryl methyl sites for hydroxylation is 1. The van der Waals surface area contributed by atoms with Gasteiger partial charge in [-0.3, -0.25) is 14.3 Å². The summed E-state index contributed by atoms with van der Waals surface area (Å²) in [6, 6.07) is 19.9. The number of nitrogens with one attached hydrogen (secondary N) is 1. The molecule has 41 heavy (non-hydrogen) atoms. The Kier molecular flexibility index (Phi) is 8.07. The van der Waals surface area contributed by atoms with Crippen LogP contribution in [0.2, 0.25) is 0 Å². The maximum Gasteiger partial charge on any atom is 0.216 e. The number of fused-ring (bicyclic) bond motifs is 2. The van der Waals surface area contributed by atoms with Crippen LogP contribution in [0.5, 0.6) is 0 Å². The molecule has 0 bridgehead atoms. The number of rotatable bonds is 9. The van der Waals surface area contributed by atoms with E-state index in [0.29, 0.717) is 6.54 Å². The van der Waals surface area contributed by atoms with Gasteiger partial charge in [0.05, 0.1) is 35.4 Å². The highest BCUT2D eigenvalue weighted by atomic mass is 32.2. The average Bonchev–Trinajstić information content (AvgIpc) is 3.33. The lowest BCUT2D eigenvalue weighted by Gasteiger charge is -2.34. The van der Waals surface area contributed by atoms with E-state index >= 15 is 0 Å². The first-order valence-corrected chi connectivity index (χ1v) is 16.1. The van der Waals surface area contributed by atoms with Gasteiger partial charge in [-0.15, -0.1) is 0 Å². The predicted molar refractivity (Wildman–Crippen MR) is 162 cm³/mol. The first-order chi connectivity index (χ1) is 19.9. The number of sulfonamides is 1.